The fraction of sp³-hybridized carbons (Fsp3) is 0.125. The molecule has 0 saturated carbocycles. The molecule has 24 heavy (non-hydrogen) atoms. The molecule has 0 aliphatic rings. The van der Waals surface area contributed by atoms with Gasteiger partial charge in [0, 0.05) is 11.4 Å². The molecular weight excluding hydrogens is 352 g/mol. The van der Waals surface area contributed by atoms with Crippen LogP contribution in [-0.2, 0) is 5.75 Å². The van der Waals surface area contributed by atoms with Gasteiger partial charge >= 0.3 is 0 Å². The molecule has 0 unspecified atom stereocenters. The molecule has 0 fully saturated rings. The summed E-state index contributed by atoms with van der Waals surface area (Å²) in [6.45, 7) is 0. The third-order valence-corrected chi connectivity index (χ3v) is 5.10. The Labute approximate surface area is 145 Å². The smallest absolute Gasteiger partial charge is 0.210 e. The third kappa shape index (κ3) is 4.21. The van der Waals surface area contributed by atoms with Gasteiger partial charge in [0.1, 0.15) is 5.82 Å². The Morgan fingerprint density at radius 2 is 2.04 bits per heavy atom. The first kappa shape index (κ1) is 16.7. The first-order valence-corrected chi connectivity index (χ1v) is 8.75. The van der Waals surface area contributed by atoms with Gasteiger partial charge in [-0.15, -0.1) is 10.2 Å². The first-order valence-electron chi connectivity index (χ1n) is 6.95. The van der Waals surface area contributed by atoms with Gasteiger partial charge < -0.3 is 10.1 Å². The normalized spacial score (nSPS) is 10.6. The minimum Gasteiger partial charge on any atom is -0.494 e. The van der Waals surface area contributed by atoms with E-state index in [1.165, 1.54) is 48.4 Å². The van der Waals surface area contributed by atoms with Gasteiger partial charge in [-0.05, 0) is 35.9 Å². The van der Waals surface area contributed by atoms with E-state index in [2.05, 4.69) is 15.5 Å². The summed E-state index contributed by atoms with van der Waals surface area (Å²) in [6, 6.07) is 11.0. The molecule has 0 radical (unpaired) electrons. The number of thioether (sulfide) groups is 1. The summed E-state index contributed by atoms with van der Waals surface area (Å²) in [4.78, 5) is 0. The molecule has 0 atom stereocenters. The summed E-state index contributed by atoms with van der Waals surface area (Å²) >= 11 is 2.81. The van der Waals surface area contributed by atoms with Gasteiger partial charge in [-0.25, -0.2) is 8.78 Å². The lowest BCUT2D eigenvalue weighted by molar-refractivity contribution is 0.386. The van der Waals surface area contributed by atoms with Crippen LogP contribution in [0.4, 0.5) is 19.6 Å². The van der Waals surface area contributed by atoms with Crippen LogP contribution >= 0.6 is 23.1 Å². The molecule has 0 amide bonds. The largest absolute Gasteiger partial charge is 0.494 e. The van der Waals surface area contributed by atoms with Gasteiger partial charge in [-0.3, -0.25) is 0 Å². The van der Waals surface area contributed by atoms with Gasteiger partial charge in [0.2, 0.25) is 5.13 Å². The van der Waals surface area contributed by atoms with Gasteiger partial charge in [-0.2, -0.15) is 0 Å². The second kappa shape index (κ2) is 7.59. The van der Waals surface area contributed by atoms with Crippen LogP contribution < -0.4 is 10.1 Å². The van der Waals surface area contributed by atoms with Gasteiger partial charge in [0.25, 0.3) is 0 Å². The zero-order valence-electron chi connectivity index (χ0n) is 12.6. The molecule has 4 nitrogen and oxygen atoms in total. The van der Waals surface area contributed by atoms with Crippen molar-refractivity contribution in [2.45, 2.75) is 10.1 Å². The standard InChI is InChI=1S/C16H13F2N3OS2/c1-22-14-6-5-10(7-13(14)18)9-23-16-21-20-15(24-16)19-12-4-2-3-11(17)8-12/h2-8H,9H2,1H3,(H,19,20). The van der Waals surface area contributed by atoms with Crippen LogP contribution in [-0.4, -0.2) is 17.3 Å². The highest BCUT2D eigenvalue weighted by Gasteiger charge is 2.08. The topological polar surface area (TPSA) is 47.0 Å². The van der Waals surface area contributed by atoms with Crippen LogP contribution in [0, 0.1) is 11.6 Å². The van der Waals surface area contributed by atoms with Crippen molar-refractivity contribution in [1.82, 2.24) is 10.2 Å². The number of rotatable bonds is 6. The zero-order chi connectivity index (χ0) is 16.9. The van der Waals surface area contributed by atoms with E-state index in [-0.39, 0.29) is 17.4 Å². The summed E-state index contributed by atoms with van der Waals surface area (Å²) in [5, 5.41) is 11.7. The maximum absolute atomic E-state index is 13.7. The van der Waals surface area contributed by atoms with Crippen LogP contribution in [0.3, 0.4) is 0 Å². The summed E-state index contributed by atoms with van der Waals surface area (Å²) in [6.07, 6.45) is 0. The second-order valence-electron chi connectivity index (χ2n) is 4.77. The van der Waals surface area contributed by atoms with E-state index >= 15 is 0 Å². The second-order valence-corrected chi connectivity index (χ2v) is 6.97. The van der Waals surface area contributed by atoms with Gasteiger partial charge in [0.05, 0.1) is 7.11 Å². The summed E-state index contributed by atoms with van der Waals surface area (Å²) in [5.41, 5.74) is 1.44. The molecule has 0 aliphatic carbocycles. The minimum atomic E-state index is -0.388. The van der Waals surface area contributed by atoms with E-state index in [1.54, 1.807) is 18.2 Å². The number of aromatic nitrogens is 2. The SMILES string of the molecule is COc1ccc(CSc2nnc(Nc3cccc(F)c3)s2)cc1F. The average Bonchev–Trinajstić information content (AvgIpc) is 3.00. The van der Waals surface area contributed by atoms with Crippen molar-refractivity contribution in [3.63, 3.8) is 0 Å². The highest BCUT2D eigenvalue weighted by Crippen LogP contribution is 2.30. The van der Waals surface area contributed by atoms with Crippen molar-refractivity contribution in [1.29, 1.82) is 0 Å². The Hall–Kier alpha value is -2.19. The van der Waals surface area contributed by atoms with Crippen molar-refractivity contribution in [2.75, 3.05) is 12.4 Å². The van der Waals surface area contributed by atoms with Crippen molar-refractivity contribution in [3.05, 3.63) is 59.7 Å². The summed E-state index contributed by atoms with van der Waals surface area (Å²) in [5.74, 6) is 0.0819. The third-order valence-electron chi connectivity index (χ3n) is 3.06. The Morgan fingerprint density at radius 1 is 1.17 bits per heavy atom. The fourth-order valence-electron chi connectivity index (χ4n) is 1.95. The number of halogens is 2. The number of methoxy groups -OCH3 is 1. The molecule has 8 heteroatoms. The number of ether oxygens (including phenoxy) is 1. The lowest BCUT2D eigenvalue weighted by Crippen LogP contribution is -1.90. The van der Waals surface area contributed by atoms with E-state index in [0.717, 1.165) is 9.90 Å². The molecule has 1 heterocycles. The van der Waals surface area contributed by atoms with Gasteiger partial charge in [0.15, 0.2) is 15.9 Å². The minimum absolute atomic E-state index is 0.223. The van der Waals surface area contributed by atoms with Crippen LogP contribution in [0.5, 0.6) is 5.75 Å². The molecule has 124 valence electrons. The molecule has 1 aromatic heterocycles. The van der Waals surface area contributed by atoms with Crippen molar-refractivity contribution >= 4 is 33.9 Å². The van der Waals surface area contributed by atoms with E-state index in [0.29, 0.717) is 16.6 Å². The number of nitrogens with one attached hydrogen (secondary N) is 1. The van der Waals surface area contributed by atoms with E-state index < -0.39 is 0 Å². The summed E-state index contributed by atoms with van der Waals surface area (Å²) < 4.78 is 32.4. The van der Waals surface area contributed by atoms with Crippen LogP contribution in [0.2, 0.25) is 0 Å². The molecule has 0 aliphatic heterocycles. The predicted molar refractivity (Wildman–Crippen MR) is 92.1 cm³/mol. The lowest BCUT2D eigenvalue weighted by Gasteiger charge is -2.04. The Bertz CT molecular complexity index is 842. The maximum Gasteiger partial charge on any atom is 0.210 e. The Kier molecular flexibility index (Phi) is 5.27. The first-order chi connectivity index (χ1) is 11.6. The Balaban J connectivity index is 1.61. The van der Waals surface area contributed by atoms with E-state index in [4.69, 9.17) is 4.74 Å². The highest BCUT2D eigenvalue weighted by molar-refractivity contribution is 8.00. The van der Waals surface area contributed by atoms with Crippen LogP contribution in [0.1, 0.15) is 5.56 Å². The Morgan fingerprint density at radius 3 is 2.79 bits per heavy atom. The maximum atomic E-state index is 13.7. The molecule has 3 aromatic rings. The number of nitrogens with zero attached hydrogens (tertiary/aromatic N) is 2. The van der Waals surface area contributed by atoms with E-state index in [1.807, 2.05) is 6.07 Å². The fourth-order valence-corrected chi connectivity index (χ4v) is 3.67. The van der Waals surface area contributed by atoms with Crippen LogP contribution in [0.15, 0.2) is 46.8 Å². The lowest BCUT2D eigenvalue weighted by atomic mass is 10.2. The van der Waals surface area contributed by atoms with Crippen molar-refractivity contribution < 1.29 is 13.5 Å². The predicted octanol–water partition coefficient (Wildman–Crippen LogP) is 4.86. The molecule has 3 rings (SSSR count). The molecule has 0 saturated heterocycles. The zero-order valence-corrected chi connectivity index (χ0v) is 14.3. The highest BCUT2D eigenvalue weighted by atomic mass is 32.2. The quantitative estimate of drug-likeness (QED) is 0.632. The monoisotopic (exact) mass is 365 g/mol. The average molecular weight is 365 g/mol. The van der Waals surface area contributed by atoms with Crippen LogP contribution in [0.25, 0.3) is 0 Å². The number of hydrogen-bond acceptors (Lipinski definition) is 6. The van der Waals surface area contributed by atoms with Gasteiger partial charge in [-0.1, -0.05) is 35.2 Å². The number of hydrogen-bond donors (Lipinski definition) is 1. The number of anilines is 2. The van der Waals surface area contributed by atoms with E-state index in [9.17, 15) is 8.78 Å². The molecule has 2 aromatic carbocycles. The van der Waals surface area contributed by atoms with Crippen molar-refractivity contribution in [3.8, 4) is 5.75 Å². The molecule has 0 bridgehead atoms. The van der Waals surface area contributed by atoms with Crippen molar-refractivity contribution in [2.24, 2.45) is 0 Å². The summed E-state index contributed by atoms with van der Waals surface area (Å²) in [7, 11) is 1.43. The molecule has 0 spiro atoms. The molecule has 1 N–H and O–H groups in total. The molecular formula is C16H13F2N3OS2. The number of benzene rings is 2.